The molecule has 4 nitrogen and oxygen atoms in total. The van der Waals surface area contributed by atoms with Crippen LogP contribution in [0.1, 0.15) is 20.7 Å². The molecular weight excluding hydrogens is 376 g/mol. The van der Waals surface area contributed by atoms with Crippen molar-refractivity contribution in [2.45, 2.75) is 0 Å². The molecule has 2 N–H and O–H groups in total. The van der Waals surface area contributed by atoms with Crippen LogP contribution in [-0.4, -0.2) is 22.2 Å². The van der Waals surface area contributed by atoms with E-state index in [-0.39, 0.29) is 11.1 Å². The van der Waals surface area contributed by atoms with Gasteiger partial charge in [-0.15, -0.1) is 0 Å². The highest BCUT2D eigenvalue weighted by atomic mass is 16.4. The predicted octanol–water partition coefficient (Wildman–Crippen LogP) is 6.08. The quantitative estimate of drug-likeness (QED) is 0.430. The van der Waals surface area contributed by atoms with Gasteiger partial charge in [-0.25, -0.2) is 9.59 Å². The zero-order valence-corrected chi connectivity index (χ0v) is 15.9. The van der Waals surface area contributed by atoms with E-state index >= 15 is 0 Å². The number of hydrogen-bond donors (Lipinski definition) is 2. The van der Waals surface area contributed by atoms with E-state index in [0.29, 0.717) is 0 Å². The van der Waals surface area contributed by atoms with Crippen molar-refractivity contribution < 1.29 is 19.8 Å². The SMILES string of the molecule is O=C(O)c1cccc(-c2ccccc2-c2ccccc2-c2cccc(C(=O)O)c2)c1. The summed E-state index contributed by atoms with van der Waals surface area (Å²) in [4.78, 5) is 22.8. The number of hydrogen-bond acceptors (Lipinski definition) is 2. The maximum absolute atomic E-state index is 11.4. The summed E-state index contributed by atoms with van der Waals surface area (Å²) in [5, 5.41) is 18.7. The van der Waals surface area contributed by atoms with E-state index in [1.165, 1.54) is 0 Å². The van der Waals surface area contributed by atoms with Gasteiger partial charge in [-0.2, -0.15) is 0 Å². The molecule has 4 aromatic carbocycles. The Balaban J connectivity index is 1.90. The Morgan fingerprint density at radius 1 is 0.467 bits per heavy atom. The van der Waals surface area contributed by atoms with Crippen molar-refractivity contribution >= 4 is 11.9 Å². The van der Waals surface area contributed by atoms with Crippen LogP contribution in [0.3, 0.4) is 0 Å². The van der Waals surface area contributed by atoms with Gasteiger partial charge < -0.3 is 10.2 Å². The Hall–Kier alpha value is -4.18. The molecule has 4 aromatic rings. The molecule has 0 aromatic heterocycles. The largest absolute Gasteiger partial charge is 0.478 e. The molecular formula is C26H18O4. The Morgan fingerprint density at radius 2 is 0.833 bits per heavy atom. The van der Waals surface area contributed by atoms with Gasteiger partial charge in [0.15, 0.2) is 0 Å². The summed E-state index contributed by atoms with van der Waals surface area (Å²) in [6.45, 7) is 0. The van der Waals surface area contributed by atoms with E-state index < -0.39 is 11.9 Å². The number of aromatic carboxylic acids is 2. The molecule has 0 amide bonds. The first kappa shape index (κ1) is 19.2. The molecule has 146 valence electrons. The number of rotatable bonds is 5. The molecule has 4 heteroatoms. The Morgan fingerprint density at radius 3 is 1.20 bits per heavy atom. The first-order valence-corrected chi connectivity index (χ1v) is 9.40. The average molecular weight is 394 g/mol. The molecule has 0 atom stereocenters. The van der Waals surface area contributed by atoms with Gasteiger partial charge in [0.05, 0.1) is 11.1 Å². The highest BCUT2D eigenvalue weighted by Gasteiger charge is 2.14. The topological polar surface area (TPSA) is 74.6 Å². The van der Waals surface area contributed by atoms with Gasteiger partial charge in [0.2, 0.25) is 0 Å². The summed E-state index contributed by atoms with van der Waals surface area (Å²) in [7, 11) is 0. The minimum absolute atomic E-state index is 0.227. The van der Waals surface area contributed by atoms with Crippen molar-refractivity contribution in [1.29, 1.82) is 0 Å². The maximum Gasteiger partial charge on any atom is 0.335 e. The van der Waals surface area contributed by atoms with Crippen LogP contribution in [0.5, 0.6) is 0 Å². The van der Waals surface area contributed by atoms with E-state index in [0.717, 1.165) is 33.4 Å². The van der Waals surface area contributed by atoms with E-state index in [2.05, 4.69) is 0 Å². The molecule has 0 unspecified atom stereocenters. The number of carboxylic acid groups (broad SMARTS) is 2. The summed E-state index contributed by atoms with van der Waals surface area (Å²) < 4.78 is 0. The molecule has 0 bridgehead atoms. The van der Waals surface area contributed by atoms with Crippen LogP contribution in [0.15, 0.2) is 97.1 Å². The molecule has 0 heterocycles. The third-order valence-corrected chi connectivity index (χ3v) is 4.99. The van der Waals surface area contributed by atoms with Gasteiger partial charge >= 0.3 is 11.9 Å². The molecule has 4 rings (SSSR count). The first-order valence-electron chi connectivity index (χ1n) is 9.40. The van der Waals surface area contributed by atoms with Crippen molar-refractivity contribution in [1.82, 2.24) is 0 Å². The van der Waals surface area contributed by atoms with Crippen molar-refractivity contribution in [3.63, 3.8) is 0 Å². The molecule has 30 heavy (non-hydrogen) atoms. The zero-order valence-electron chi connectivity index (χ0n) is 15.9. The van der Waals surface area contributed by atoms with Crippen molar-refractivity contribution in [3.8, 4) is 33.4 Å². The van der Waals surface area contributed by atoms with E-state index in [1.54, 1.807) is 36.4 Å². The Labute approximate surface area is 173 Å². The zero-order chi connectivity index (χ0) is 21.1. The summed E-state index contributed by atoms with van der Waals surface area (Å²) in [6, 6.07) is 29.3. The fourth-order valence-electron chi connectivity index (χ4n) is 3.58. The van der Waals surface area contributed by atoms with Crippen molar-refractivity contribution in [2.75, 3.05) is 0 Å². The second kappa shape index (κ2) is 8.05. The summed E-state index contributed by atoms with van der Waals surface area (Å²) in [5.74, 6) is -1.94. The maximum atomic E-state index is 11.4. The first-order chi connectivity index (χ1) is 14.5. The molecule has 0 aliphatic rings. The number of carboxylic acids is 2. The fourth-order valence-corrected chi connectivity index (χ4v) is 3.58. The summed E-state index contributed by atoms with van der Waals surface area (Å²) >= 11 is 0. The normalized spacial score (nSPS) is 10.5. The summed E-state index contributed by atoms with van der Waals surface area (Å²) in [6.07, 6.45) is 0. The molecule has 0 saturated heterocycles. The summed E-state index contributed by atoms with van der Waals surface area (Å²) in [5.41, 5.74) is 5.76. The standard InChI is InChI=1S/C26H18O4/c27-25(28)19-9-5-7-17(15-19)21-11-1-3-13-23(21)24-14-4-2-12-22(24)18-8-6-10-20(16-18)26(29)30/h1-16H,(H,27,28)(H,29,30). The van der Waals surface area contributed by atoms with Crippen LogP contribution in [0.4, 0.5) is 0 Å². The molecule has 0 aliphatic carbocycles. The third kappa shape index (κ3) is 3.71. The smallest absolute Gasteiger partial charge is 0.335 e. The Kier molecular flexibility index (Phi) is 5.14. The second-order valence-corrected chi connectivity index (χ2v) is 6.86. The van der Waals surface area contributed by atoms with Gasteiger partial charge in [-0.1, -0.05) is 72.8 Å². The second-order valence-electron chi connectivity index (χ2n) is 6.86. The van der Waals surface area contributed by atoms with Crippen molar-refractivity contribution in [2.24, 2.45) is 0 Å². The van der Waals surface area contributed by atoms with Crippen molar-refractivity contribution in [3.05, 3.63) is 108 Å². The van der Waals surface area contributed by atoms with Gasteiger partial charge in [0.1, 0.15) is 0 Å². The fraction of sp³-hybridized carbons (Fsp3) is 0. The van der Waals surface area contributed by atoms with Gasteiger partial charge in [-0.3, -0.25) is 0 Å². The van der Waals surface area contributed by atoms with Crippen LogP contribution in [-0.2, 0) is 0 Å². The Bertz CT molecular complexity index is 1160. The van der Waals surface area contributed by atoms with E-state index in [1.807, 2.05) is 60.7 Å². The van der Waals surface area contributed by atoms with Crippen LogP contribution in [0, 0.1) is 0 Å². The van der Waals surface area contributed by atoms with Crippen LogP contribution >= 0.6 is 0 Å². The lowest BCUT2D eigenvalue weighted by molar-refractivity contribution is 0.0686. The molecule has 0 radical (unpaired) electrons. The molecule has 0 aliphatic heterocycles. The lowest BCUT2D eigenvalue weighted by Crippen LogP contribution is -1.97. The van der Waals surface area contributed by atoms with E-state index in [9.17, 15) is 19.8 Å². The highest BCUT2D eigenvalue weighted by molar-refractivity contribution is 5.95. The van der Waals surface area contributed by atoms with Crippen LogP contribution in [0.25, 0.3) is 33.4 Å². The lowest BCUT2D eigenvalue weighted by Gasteiger charge is -2.15. The highest BCUT2D eigenvalue weighted by Crippen LogP contribution is 2.38. The molecule has 0 spiro atoms. The van der Waals surface area contributed by atoms with Gasteiger partial charge in [-0.05, 0) is 57.6 Å². The van der Waals surface area contributed by atoms with Gasteiger partial charge in [0, 0.05) is 0 Å². The monoisotopic (exact) mass is 394 g/mol. The van der Waals surface area contributed by atoms with Crippen LogP contribution < -0.4 is 0 Å². The van der Waals surface area contributed by atoms with E-state index in [4.69, 9.17) is 0 Å². The predicted molar refractivity (Wildman–Crippen MR) is 117 cm³/mol. The number of benzene rings is 4. The third-order valence-electron chi connectivity index (χ3n) is 4.99. The van der Waals surface area contributed by atoms with Crippen LogP contribution in [0.2, 0.25) is 0 Å². The molecule has 0 fully saturated rings. The molecule has 0 saturated carbocycles. The average Bonchev–Trinajstić information content (AvgIpc) is 2.79. The lowest BCUT2D eigenvalue weighted by atomic mass is 9.89. The van der Waals surface area contributed by atoms with Gasteiger partial charge in [0.25, 0.3) is 0 Å². The number of carbonyl (C=O) groups is 2. The minimum Gasteiger partial charge on any atom is -0.478 e. The minimum atomic E-state index is -0.972.